The van der Waals surface area contributed by atoms with E-state index < -0.39 is 0 Å². The summed E-state index contributed by atoms with van der Waals surface area (Å²) in [6.45, 7) is 3.91. The van der Waals surface area contributed by atoms with Crippen LogP contribution in [0.25, 0.3) is 0 Å². The van der Waals surface area contributed by atoms with E-state index in [0.717, 1.165) is 36.1 Å². The molecule has 0 aliphatic carbocycles. The molecule has 168 valence electrons. The van der Waals surface area contributed by atoms with Crippen LogP contribution in [0.2, 0.25) is 5.02 Å². The summed E-state index contributed by atoms with van der Waals surface area (Å²) in [5.41, 5.74) is 2.07. The first-order valence-electron chi connectivity index (χ1n) is 10.6. The molecule has 0 spiro atoms. The highest BCUT2D eigenvalue weighted by molar-refractivity contribution is 8.22. The van der Waals surface area contributed by atoms with Gasteiger partial charge >= 0.3 is 6.03 Å². The van der Waals surface area contributed by atoms with Crippen molar-refractivity contribution >= 4 is 57.5 Å². The Morgan fingerprint density at radius 3 is 2.50 bits per heavy atom. The van der Waals surface area contributed by atoms with Crippen LogP contribution in [0.1, 0.15) is 18.0 Å². The normalized spacial score (nSPS) is 19.2. The van der Waals surface area contributed by atoms with Crippen molar-refractivity contribution in [1.29, 1.82) is 0 Å². The Morgan fingerprint density at radius 1 is 1.06 bits per heavy atom. The van der Waals surface area contributed by atoms with Gasteiger partial charge in [0.25, 0.3) is 0 Å². The van der Waals surface area contributed by atoms with Gasteiger partial charge in [0.2, 0.25) is 5.91 Å². The van der Waals surface area contributed by atoms with E-state index in [4.69, 9.17) is 23.8 Å². The second-order valence-corrected chi connectivity index (χ2v) is 9.90. The van der Waals surface area contributed by atoms with Crippen LogP contribution in [0.4, 0.5) is 10.5 Å². The first kappa shape index (κ1) is 22.9. The van der Waals surface area contributed by atoms with Crippen molar-refractivity contribution in [1.82, 2.24) is 15.1 Å². The molecule has 2 aromatic rings. The summed E-state index contributed by atoms with van der Waals surface area (Å²) < 4.78 is 0.819. The van der Waals surface area contributed by atoms with E-state index in [1.165, 1.54) is 22.3 Å². The number of nitrogens with one attached hydrogen (secondary N) is 1. The predicted molar refractivity (Wildman–Crippen MR) is 134 cm³/mol. The number of urea groups is 1. The van der Waals surface area contributed by atoms with Crippen LogP contribution in [-0.4, -0.2) is 64.5 Å². The minimum atomic E-state index is -0.366. The summed E-state index contributed by atoms with van der Waals surface area (Å²) in [7, 11) is 0. The van der Waals surface area contributed by atoms with E-state index in [-0.39, 0.29) is 24.4 Å². The number of carbonyl (C=O) groups excluding carboxylic acids is 2. The van der Waals surface area contributed by atoms with Crippen molar-refractivity contribution in [3.63, 3.8) is 0 Å². The zero-order valence-electron chi connectivity index (χ0n) is 17.6. The maximum atomic E-state index is 12.6. The van der Waals surface area contributed by atoms with Crippen LogP contribution in [0.3, 0.4) is 0 Å². The van der Waals surface area contributed by atoms with Gasteiger partial charge in [0.15, 0.2) is 0 Å². The van der Waals surface area contributed by atoms with Crippen molar-refractivity contribution < 1.29 is 9.59 Å². The van der Waals surface area contributed by atoms with Crippen molar-refractivity contribution in [2.24, 2.45) is 0 Å². The van der Waals surface area contributed by atoms with Gasteiger partial charge in [-0.15, -0.1) is 0 Å². The first-order valence-corrected chi connectivity index (χ1v) is 12.4. The minimum Gasteiger partial charge on any atom is -0.368 e. The highest BCUT2D eigenvalue weighted by atomic mass is 35.5. The standard InChI is InChI=1S/C23H25ClN4O2S2/c24-18-6-4-5-17(15-18)20-16-21(29)28(22(30)25-20)13-14-32-23(31)27-11-9-26(10-12-27)19-7-2-1-3-8-19/h1-8,15,20H,9-14,16H2,(H,25,30). The highest BCUT2D eigenvalue weighted by Crippen LogP contribution is 2.25. The van der Waals surface area contributed by atoms with Gasteiger partial charge in [-0.3, -0.25) is 9.69 Å². The average Bonchev–Trinajstić information content (AvgIpc) is 2.81. The molecule has 1 atom stereocenters. The lowest BCUT2D eigenvalue weighted by molar-refractivity contribution is -0.130. The molecule has 0 radical (unpaired) electrons. The van der Waals surface area contributed by atoms with E-state index >= 15 is 0 Å². The molecule has 2 aliphatic rings. The number of thioether (sulfide) groups is 1. The van der Waals surface area contributed by atoms with Gasteiger partial charge in [-0.05, 0) is 29.8 Å². The number of benzene rings is 2. The van der Waals surface area contributed by atoms with Crippen molar-refractivity contribution in [2.75, 3.05) is 43.4 Å². The van der Waals surface area contributed by atoms with Crippen LogP contribution in [-0.2, 0) is 4.79 Å². The quantitative estimate of drug-likeness (QED) is 0.638. The van der Waals surface area contributed by atoms with E-state index in [1.807, 2.05) is 18.2 Å². The predicted octanol–water partition coefficient (Wildman–Crippen LogP) is 4.16. The number of anilines is 1. The molecule has 0 aromatic heterocycles. The number of hydrogen-bond donors (Lipinski definition) is 1. The molecule has 0 saturated carbocycles. The van der Waals surface area contributed by atoms with Gasteiger partial charge in [-0.1, -0.05) is 65.9 Å². The lowest BCUT2D eigenvalue weighted by atomic mass is 10.0. The molecular weight excluding hydrogens is 464 g/mol. The van der Waals surface area contributed by atoms with Gasteiger partial charge < -0.3 is 15.1 Å². The van der Waals surface area contributed by atoms with Gasteiger partial charge in [-0.2, -0.15) is 0 Å². The summed E-state index contributed by atoms with van der Waals surface area (Å²) >= 11 is 13.2. The molecule has 2 aromatic carbocycles. The number of nitrogens with zero attached hydrogens (tertiary/aromatic N) is 3. The smallest absolute Gasteiger partial charge is 0.324 e. The number of amides is 3. The Kier molecular flexibility index (Phi) is 7.55. The Labute approximate surface area is 202 Å². The number of imide groups is 1. The summed E-state index contributed by atoms with van der Waals surface area (Å²) in [6, 6.07) is 16.9. The fourth-order valence-electron chi connectivity index (χ4n) is 3.93. The fourth-order valence-corrected chi connectivity index (χ4v) is 5.37. The van der Waals surface area contributed by atoms with E-state index in [0.29, 0.717) is 17.3 Å². The van der Waals surface area contributed by atoms with Gasteiger partial charge in [-0.25, -0.2) is 4.79 Å². The number of para-hydroxylation sites is 1. The number of piperazine rings is 1. The van der Waals surface area contributed by atoms with Crippen LogP contribution in [0.15, 0.2) is 54.6 Å². The second-order valence-electron chi connectivity index (χ2n) is 7.73. The van der Waals surface area contributed by atoms with E-state index in [2.05, 4.69) is 39.4 Å². The molecular formula is C23H25ClN4O2S2. The maximum absolute atomic E-state index is 12.6. The number of thiocarbonyl (C=S) groups is 1. The Bertz CT molecular complexity index is 965. The number of rotatable bonds is 5. The van der Waals surface area contributed by atoms with Gasteiger partial charge in [0.1, 0.15) is 4.32 Å². The largest absolute Gasteiger partial charge is 0.368 e. The molecule has 2 aliphatic heterocycles. The molecule has 2 saturated heterocycles. The molecule has 1 N–H and O–H groups in total. The topological polar surface area (TPSA) is 55.9 Å². The third kappa shape index (κ3) is 5.54. The molecule has 32 heavy (non-hydrogen) atoms. The summed E-state index contributed by atoms with van der Waals surface area (Å²) in [5, 5.41) is 3.50. The zero-order chi connectivity index (χ0) is 22.5. The molecule has 2 heterocycles. The van der Waals surface area contributed by atoms with E-state index in [1.54, 1.807) is 12.1 Å². The fraction of sp³-hybridized carbons (Fsp3) is 0.348. The molecule has 6 nitrogen and oxygen atoms in total. The minimum absolute atomic E-state index is 0.179. The highest BCUT2D eigenvalue weighted by Gasteiger charge is 2.32. The second kappa shape index (κ2) is 10.6. The van der Waals surface area contributed by atoms with Crippen molar-refractivity contribution in [3.05, 3.63) is 65.2 Å². The summed E-state index contributed by atoms with van der Waals surface area (Å²) in [5.74, 6) is 0.403. The van der Waals surface area contributed by atoms with Crippen LogP contribution >= 0.6 is 35.6 Å². The van der Waals surface area contributed by atoms with E-state index in [9.17, 15) is 9.59 Å². The maximum Gasteiger partial charge on any atom is 0.324 e. The van der Waals surface area contributed by atoms with Crippen LogP contribution in [0, 0.1) is 0 Å². The Hall–Kier alpha value is -2.29. The molecule has 3 amide bonds. The monoisotopic (exact) mass is 488 g/mol. The summed E-state index contributed by atoms with van der Waals surface area (Å²) in [6.07, 6.45) is 0.225. The SMILES string of the molecule is O=C1CC(c2cccc(Cl)c2)NC(=O)N1CCSC(=S)N1CCN(c2ccccc2)CC1. The molecule has 4 rings (SSSR count). The van der Waals surface area contributed by atoms with Crippen LogP contribution < -0.4 is 10.2 Å². The van der Waals surface area contributed by atoms with Crippen molar-refractivity contribution in [2.45, 2.75) is 12.5 Å². The molecule has 0 bridgehead atoms. The zero-order valence-corrected chi connectivity index (χ0v) is 20.0. The van der Waals surface area contributed by atoms with Crippen LogP contribution in [0.5, 0.6) is 0 Å². The lowest BCUT2D eigenvalue weighted by Crippen LogP contribution is -2.52. The lowest BCUT2D eigenvalue weighted by Gasteiger charge is -2.37. The third-order valence-corrected chi connectivity index (χ3v) is 7.41. The van der Waals surface area contributed by atoms with Gasteiger partial charge in [0, 0.05) is 49.2 Å². The average molecular weight is 489 g/mol. The molecule has 1 unspecified atom stereocenters. The number of halogens is 1. The van der Waals surface area contributed by atoms with Gasteiger partial charge in [0.05, 0.1) is 12.5 Å². The number of hydrogen-bond acceptors (Lipinski definition) is 5. The summed E-state index contributed by atoms with van der Waals surface area (Å²) in [4.78, 5) is 31.0. The van der Waals surface area contributed by atoms with Crippen molar-refractivity contribution in [3.8, 4) is 0 Å². The Morgan fingerprint density at radius 2 is 1.81 bits per heavy atom. The number of carbonyl (C=O) groups is 2. The molecule has 9 heteroatoms. The third-order valence-electron chi connectivity index (χ3n) is 5.67. The molecule has 2 fully saturated rings. The Balaban J connectivity index is 1.22. The first-order chi connectivity index (χ1) is 15.5.